The number of nitrogens with zero attached hydrogens (tertiary/aromatic N) is 1. The molecule has 0 spiro atoms. The van der Waals surface area contributed by atoms with Crippen molar-refractivity contribution in [2.45, 2.75) is 12.8 Å². The highest BCUT2D eigenvalue weighted by molar-refractivity contribution is 7.80. The number of hydrogen-bond donors (Lipinski definition) is 0. The van der Waals surface area contributed by atoms with Crippen LogP contribution >= 0.6 is 47.0 Å². The molecule has 1 aliphatic rings. The Morgan fingerprint density at radius 3 is 2.71 bits per heavy atom. The van der Waals surface area contributed by atoms with Crippen LogP contribution in [0.5, 0.6) is 11.5 Å². The summed E-state index contributed by atoms with van der Waals surface area (Å²) in [6, 6.07) is 5.12. The van der Waals surface area contributed by atoms with Crippen LogP contribution in [0.25, 0.3) is 0 Å². The number of rotatable bonds is 4. The highest BCUT2D eigenvalue weighted by Gasteiger charge is 2.17. The standard InChI is InChI=1S/C14H14Cl3NO2S/c15-8-10(16)9-19-13-7-11(3-4-12(13)17)20-14(21)18-5-1-2-6-18/h3-4,7-8H,1-2,5-6,9H2. The van der Waals surface area contributed by atoms with Crippen LogP contribution in [0.2, 0.25) is 5.02 Å². The Kier molecular flexibility index (Phi) is 6.42. The molecule has 21 heavy (non-hydrogen) atoms. The van der Waals surface area contributed by atoms with Crippen LogP contribution in [0.3, 0.4) is 0 Å². The van der Waals surface area contributed by atoms with Gasteiger partial charge in [-0.1, -0.05) is 34.8 Å². The highest BCUT2D eigenvalue weighted by atomic mass is 35.5. The molecule has 0 N–H and O–H groups in total. The average Bonchev–Trinajstić information content (AvgIpc) is 3.01. The van der Waals surface area contributed by atoms with E-state index in [4.69, 9.17) is 56.5 Å². The summed E-state index contributed by atoms with van der Waals surface area (Å²) in [4.78, 5) is 2.04. The molecule has 1 saturated heterocycles. The van der Waals surface area contributed by atoms with Crippen LogP contribution in [0, 0.1) is 0 Å². The van der Waals surface area contributed by atoms with E-state index in [1.807, 2.05) is 4.90 Å². The second kappa shape index (κ2) is 8.08. The van der Waals surface area contributed by atoms with Crippen molar-refractivity contribution >= 4 is 52.2 Å². The van der Waals surface area contributed by atoms with Crippen molar-refractivity contribution in [3.63, 3.8) is 0 Å². The average molecular weight is 367 g/mol. The van der Waals surface area contributed by atoms with E-state index in [1.54, 1.807) is 18.2 Å². The molecule has 0 atom stereocenters. The van der Waals surface area contributed by atoms with Gasteiger partial charge in [-0.05, 0) is 37.2 Å². The Balaban J connectivity index is 2.01. The molecule has 3 nitrogen and oxygen atoms in total. The van der Waals surface area contributed by atoms with Gasteiger partial charge < -0.3 is 14.4 Å². The Labute approximate surface area is 144 Å². The summed E-state index contributed by atoms with van der Waals surface area (Å²) < 4.78 is 11.2. The van der Waals surface area contributed by atoms with Crippen molar-refractivity contribution in [3.05, 3.63) is 33.8 Å². The lowest BCUT2D eigenvalue weighted by Gasteiger charge is -2.18. The van der Waals surface area contributed by atoms with Gasteiger partial charge in [0.1, 0.15) is 18.1 Å². The third-order valence-corrected chi connectivity index (χ3v) is 4.20. The van der Waals surface area contributed by atoms with E-state index < -0.39 is 0 Å². The molecule has 0 unspecified atom stereocenters. The normalized spacial score (nSPS) is 15.2. The van der Waals surface area contributed by atoms with E-state index in [0.29, 0.717) is 26.7 Å². The van der Waals surface area contributed by atoms with Gasteiger partial charge in [0, 0.05) is 24.7 Å². The maximum absolute atomic E-state index is 6.07. The molecule has 0 amide bonds. The van der Waals surface area contributed by atoms with E-state index in [2.05, 4.69) is 0 Å². The zero-order valence-corrected chi connectivity index (χ0v) is 14.2. The first-order chi connectivity index (χ1) is 10.1. The number of ether oxygens (including phenoxy) is 2. The smallest absolute Gasteiger partial charge is 0.264 e. The van der Waals surface area contributed by atoms with Gasteiger partial charge in [0.05, 0.1) is 10.1 Å². The molecule has 1 heterocycles. The maximum Gasteiger partial charge on any atom is 0.264 e. The van der Waals surface area contributed by atoms with Crippen molar-refractivity contribution in [2.75, 3.05) is 19.7 Å². The molecular formula is C14H14Cl3NO2S. The van der Waals surface area contributed by atoms with Crippen LogP contribution < -0.4 is 9.47 Å². The highest BCUT2D eigenvalue weighted by Crippen LogP contribution is 2.30. The zero-order valence-electron chi connectivity index (χ0n) is 11.2. The summed E-state index contributed by atoms with van der Waals surface area (Å²) in [6.07, 6.45) is 2.28. The molecule has 1 aromatic rings. The molecule has 1 aliphatic heterocycles. The fourth-order valence-electron chi connectivity index (χ4n) is 1.90. The first kappa shape index (κ1) is 16.7. The number of thiocarbonyl (C=S) groups is 1. The summed E-state index contributed by atoms with van der Waals surface area (Å²) in [6.45, 7) is 2.02. The molecular weight excluding hydrogens is 353 g/mol. The van der Waals surface area contributed by atoms with Crippen molar-refractivity contribution in [3.8, 4) is 11.5 Å². The van der Waals surface area contributed by atoms with E-state index in [1.165, 1.54) is 5.54 Å². The van der Waals surface area contributed by atoms with Crippen molar-refractivity contribution in [1.29, 1.82) is 0 Å². The zero-order chi connectivity index (χ0) is 15.2. The van der Waals surface area contributed by atoms with Gasteiger partial charge in [-0.3, -0.25) is 0 Å². The number of hydrogen-bond acceptors (Lipinski definition) is 3. The molecule has 0 saturated carbocycles. The predicted octanol–water partition coefficient (Wildman–Crippen LogP) is 4.80. The topological polar surface area (TPSA) is 21.7 Å². The minimum Gasteiger partial charge on any atom is -0.486 e. The summed E-state index contributed by atoms with van der Waals surface area (Å²) in [7, 11) is 0. The maximum atomic E-state index is 6.07. The number of benzene rings is 1. The Hall–Kier alpha value is -0.680. The van der Waals surface area contributed by atoms with Crippen molar-refractivity contribution < 1.29 is 9.47 Å². The summed E-state index contributed by atoms with van der Waals surface area (Å²) >= 11 is 22.6. The van der Waals surface area contributed by atoms with E-state index in [9.17, 15) is 0 Å². The summed E-state index contributed by atoms with van der Waals surface area (Å²) in [5, 5.41) is 1.32. The molecule has 1 fully saturated rings. The van der Waals surface area contributed by atoms with Crippen LogP contribution in [-0.4, -0.2) is 29.8 Å². The Morgan fingerprint density at radius 1 is 1.33 bits per heavy atom. The monoisotopic (exact) mass is 365 g/mol. The fourth-order valence-corrected chi connectivity index (χ4v) is 2.47. The molecule has 2 rings (SSSR count). The lowest BCUT2D eigenvalue weighted by atomic mass is 10.3. The largest absolute Gasteiger partial charge is 0.486 e. The van der Waals surface area contributed by atoms with Gasteiger partial charge in [-0.2, -0.15) is 0 Å². The van der Waals surface area contributed by atoms with E-state index in [0.717, 1.165) is 25.9 Å². The lowest BCUT2D eigenvalue weighted by Crippen LogP contribution is -2.30. The summed E-state index contributed by atoms with van der Waals surface area (Å²) in [5.74, 6) is 1.05. The first-order valence-corrected chi connectivity index (χ1v) is 8.04. The third kappa shape index (κ3) is 4.92. The molecule has 0 aromatic heterocycles. The van der Waals surface area contributed by atoms with Gasteiger partial charge in [-0.15, -0.1) is 0 Å². The van der Waals surface area contributed by atoms with Crippen LogP contribution in [0.1, 0.15) is 12.8 Å². The van der Waals surface area contributed by atoms with Crippen molar-refractivity contribution in [2.24, 2.45) is 0 Å². The van der Waals surface area contributed by atoms with Gasteiger partial charge >= 0.3 is 0 Å². The molecule has 0 radical (unpaired) electrons. The minimum atomic E-state index is 0.144. The van der Waals surface area contributed by atoms with Crippen LogP contribution in [0.4, 0.5) is 0 Å². The van der Waals surface area contributed by atoms with Gasteiger partial charge in [0.2, 0.25) is 0 Å². The SMILES string of the molecule is S=C(Oc1ccc(Cl)c(OCC(Cl)=CCl)c1)N1CCCC1. The predicted molar refractivity (Wildman–Crippen MR) is 90.8 cm³/mol. The molecule has 0 aliphatic carbocycles. The minimum absolute atomic E-state index is 0.144. The molecule has 1 aromatic carbocycles. The Bertz CT molecular complexity index is 545. The third-order valence-electron chi connectivity index (χ3n) is 2.96. The number of halogens is 3. The van der Waals surface area contributed by atoms with Gasteiger partial charge in [0.25, 0.3) is 5.17 Å². The van der Waals surface area contributed by atoms with Gasteiger partial charge in [0.15, 0.2) is 0 Å². The molecule has 114 valence electrons. The molecule has 0 bridgehead atoms. The van der Waals surface area contributed by atoms with Crippen LogP contribution in [0.15, 0.2) is 28.8 Å². The van der Waals surface area contributed by atoms with Crippen LogP contribution in [-0.2, 0) is 0 Å². The van der Waals surface area contributed by atoms with Crippen molar-refractivity contribution in [1.82, 2.24) is 4.90 Å². The second-order valence-corrected chi connectivity index (χ2v) is 5.96. The second-order valence-electron chi connectivity index (χ2n) is 4.50. The lowest BCUT2D eigenvalue weighted by molar-refractivity contribution is 0.356. The van der Waals surface area contributed by atoms with E-state index in [-0.39, 0.29) is 6.61 Å². The summed E-state index contributed by atoms with van der Waals surface area (Å²) in [5.41, 5.74) is 1.25. The first-order valence-electron chi connectivity index (χ1n) is 6.44. The van der Waals surface area contributed by atoms with E-state index >= 15 is 0 Å². The van der Waals surface area contributed by atoms with Gasteiger partial charge in [-0.25, -0.2) is 0 Å². The number of likely N-dealkylation sites (tertiary alicyclic amines) is 1. The Morgan fingerprint density at radius 2 is 2.05 bits per heavy atom. The fraction of sp³-hybridized carbons (Fsp3) is 0.357. The quantitative estimate of drug-likeness (QED) is 0.714. The molecule has 7 heteroatoms.